The van der Waals surface area contributed by atoms with Crippen LogP contribution >= 0.6 is 0 Å². The van der Waals surface area contributed by atoms with Crippen LogP contribution in [-0.4, -0.2) is 20.2 Å². The lowest BCUT2D eigenvalue weighted by molar-refractivity contribution is -0.150. The minimum Gasteiger partial charge on any atom is -0.504 e. The first-order valence-electron chi connectivity index (χ1n) is 5.30. The maximum atomic E-state index is 11.6. The van der Waals surface area contributed by atoms with Crippen LogP contribution in [0.4, 0.5) is 0 Å². The van der Waals surface area contributed by atoms with Gasteiger partial charge in [-0.15, -0.1) is 0 Å². The molecule has 1 atom stereocenters. The molecule has 1 rings (SSSR count). The Labute approximate surface area is 91.4 Å². The third-order valence-corrected chi connectivity index (χ3v) is 3.15. The number of methoxy groups -OCH3 is 2. The number of rotatable bonds is 2. The van der Waals surface area contributed by atoms with E-state index in [0.29, 0.717) is 0 Å². The summed E-state index contributed by atoms with van der Waals surface area (Å²) >= 11 is 0. The second-order valence-electron chi connectivity index (χ2n) is 4.79. The Morgan fingerprint density at radius 2 is 2.13 bits per heavy atom. The van der Waals surface area contributed by atoms with Crippen LogP contribution in [0.1, 0.15) is 33.1 Å². The van der Waals surface area contributed by atoms with Gasteiger partial charge < -0.3 is 9.47 Å². The highest BCUT2D eigenvalue weighted by atomic mass is 16.5. The van der Waals surface area contributed by atoms with Crippen LogP contribution in [0.3, 0.4) is 0 Å². The molecule has 0 aromatic heterocycles. The average Bonchev–Trinajstić information content (AvgIpc) is 2.16. The molecule has 86 valence electrons. The average molecular weight is 212 g/mol. The van der Waals surface area contributed by atoms with Gasteiger partial charge in [0.05, 0.1) is 26.4 Å². The largest absolute Gasteiger partial charge is 0.504 e. The second kappa shape index (κ2) is 4.69. The smallest absolute Gasteiger partial charge is 0.309 e. The Balaban J connectivity index is 2.74. The Bertz CT molecular complexity index is 266. The van der Waals surface area contributed by atoms with Gasteiger partial charge in [-0.1, -0.05) is 13.8 Å². The van der Waals surface area contributed by atoms with E-state index in [0.717, 1.165) is 19.3 Å². The van der Waals surface area contributed by atoms with E-state index >= 15 is 0 Å². The minimum atomic E-state index is -0.0866. The minimum absolute atomic E-state index is 0.0107. The van der Waals surface area contributed by atoms with Gasteiger partial charge in [-0.25, -0.2) is 0 Å². The fraction of sp³-hybridized carbons (Fsp3) is 0.750. The van der Waals surface area contributed by atoms with Crippen molar-refractivity contribution in [3.05, 3.63) is 11.8 Å². The highest BCUT2D eigenvalue weighted by molar-refractivity contribution is 5.73. The van der Waals surface area contributed by atoms with E-state index in [1.807, 2.05) is 0 Å². The summed E-state index contributed by atoms with van der Waals surface area (Å²) < 4.78 is 9.85. The van der Waals surface area contributed by atoms with E-state index in [9.17, 15) is 4.79 Å². The van der Waals surface area contributed by atoms with E-state index in [1.54, 1.807) is 13.4 Å². The zero-order valence-corrected chi connectivity index (χ0v) is 10.0. The van der Waals surface area contributed by atoms with Crippen LogP contribution in [0, 0.1) is 11.3 Å². The predicted molar refractivity (Wildman–Crippen MR) is 58.2 cm³/mol. The summed E-state index contributed by atoms with van der Waals surface area (Å²) in [5, 5.41) is 0. The van der Waals surface area contributed by atoms with Gasteiger partial charge in [-0.3, -0.25) is 4.79 Å². The van der Waals surface area contributed by atoms with Crippen molar-refractivity contribution in [3.63, 3.8) is 0 Å². The molecule has 0 bridgehead atoms. The first-order chi connectivity index (χ1) is 7.01. The number of carbonyl (C=O) groups is 1. The fourth-order valence-electron chi connectivity index (χ4n) is 2.36. The van der Waals surface area contributed by atoms with Gasteiger partial charge in [0.15, 0.2) is 0 Å². The van der Waals surface area contributed by atoms with E-state index in [-0.39, 0.29) is 17.3 Å². The van der Waals surface area contributed by atoms with Crippen LogP contribution in [0.25, 0.3) is 0 Å². The lowest BCUT2D eigenvalue weighted by Gasteiger charge is -2.37. The van der Waals surface area contributed by atoms with E-state index in [4.69, 9.17) is 9.47 Å². The van der Waals surface area contributed by atoms with E-state index < -0.39 is 0 Å². The third kappa shape index (κ3) is 2.74. The molecule has 15 heavy (non-hydrogen) atoms. The van der Waals surface area contributed by atoms with Crippen LogP contribution in [0.5, 0.6) is 0 Å². The molecule has 0 spiro atoms. The van der Waals surface area contributed by atoms with Gasteiger partial charge in [0.1, 0.15) is 0 Å². The number of hydrogen-bond acceptors (Lipinski definition) is 3. The molecule has 0 N–H and O–H groups in total. The summed E-state index contributed by atoms with van der Waals surface area (Å²) in [6.07, 6.45) is 4.49. The Morgan fingerprint density at radius 3 is 2.60 bits per heavy atom. The van der Waals surface area contributed by atoms with E-state index in [2.05, 4.69) is 13.8 Å². The normalized spacial score (nSPS) is 27.5. The summed E-state index contributed by atoms with van der Waals surface area (Å²) in [4.78, 5) is 11.6. The van der Waals surface area contributed by atoms with Gasteiger partial charge in [0.2, 0.25) is 0 Å². The fourth-order valence-corrected chi connectivity index (χ4v) is 2.36. The molecule has 1 unspecified atom stereocenters. The monoisotopic (exact) mass is 212 g/mol. The lowest BCUT2D eigenvalue weighted by atomic mass is 9.67. The molecule has 0 radical (unpaired) electrons. The Hall–Kier alpha value is -0.990. The topological polar surface area (TPSA) is 35.5 Å². The molecule has 0 saturated heterocycles. The summed E-state index contributed by atoms with van der Waals surface area (Å²) in [6, 6.07) is 0. The van der Waals surface area contributed by atoms with Gasteiger partial charge >= 0.3 is 5.97 Å². The van der Waals surface area contributed by atoms with Crippen molar-refractivity contribution in [2.45, 2.75) is 33.1 Å². The third-order valence-electron chi connectivity index (χ3n) is 3.15. The van der Waals surface area contributed by atoms with Crippen molar-refractivity contribution in [3.8, 4) is 0 Å². The SMILES string of the molecule is CO/C=C1\CCC(C(=O)OC)C(C)(C)C1. The van der Waals surface area contributed by atoms with Crippen LogP contribution in [0.15, 0.2) is 11.8 Å². The molecule has 1 saturated carbocycles. The maximum Gasteiger partial charge on any atom is 0.309 e. The molecule has 1 aliphatic rings. The first kappa shape index (κ1) is 12.1. The Morgan fingerprint density at radius 1 is 1.47 bits per heavy atom. The van der Waals surface area contributed by atoms with Crippen LogP contribution in [0.2, 0.25) is 0 Å². The molecule has 3 nitrogen and oxygen atoms in total. The summed E-state index contributed by atoms with van der Waals surface area (Å²) in [6.45, 7) is 4.22. The van der Waals surface area contributed by atoms with Gasteiger partial charge in [-0.2, -0.15) is 0 Å². The van der Waals surface area contributed by atoms with Crippen molar-refractivity contribution in [2.24, 2.45) is 11.3 Å². The van der Waals surface area contributed by atoms with Crippen molar-refractivity contribution in [1.29, 1.82) is 0 Å². The Kier molecular flexibility index (Phi) is 3.77. The molecule has 3 heteroatoms. The lowest BCUT2D eigenvalue weighted by Crippen LogP contribution is -2.35. The highest BCUT2D eigenvalue weighted by Crippen LogP contribution is 2.43. The van der Waals surface area contributed by atoms with E-state index in [1.165, 1.54) is 12.7 Å². The maximum absolute atomic E-state index is 11.6. The molecular formula is C12H20O3. The zero-order valence-electron chi connectivity index (χ0n) is 10.0. The first-order valence-corrected chi connectivity index (χ1v) is 5.30. The van der Waals surface area contributed by atoms with Gasteiger partial charge in [-0.05, 0) is 30.3 Å². The number of ether oxygens (including phenoxy) is 2. The predicted octanol–water partition coefficient (Wildman–Crippen LogP) is 2.52. The standard InChI is InChI=1S/C12H20O3/c1-12(2)7-9(8-14-3)5-6-10(12)11(13)15-4/h8,10H,5-7H2,1-4H3/b9-8+. The molecular weight excluding hydrogens is 192 g/mol. The molecule has 1 aliphatic carbocycles. The summed E-state index contributed by atoms with van der Waals surface area (Å²) in [7, 11) is 3.12. The quantitative estimate of drug-likeness (QED) is 0.521. The number of carbonyl (C=O) groups excluding carboxylic acids is 1. The summed E-state index contributed by atoms with van der Waals surface area (Å²) in [5.41, 5.74) is 1.25. The molecule has 0 amide bonds. The molecule has 0 aliphatic heterocycles. The number of esters is 1. The second-order valence-corrected chi connectivity index (χ2v) is 4.79. The van der Waals surface area contributed by atoms with Gasteiger partial charge in [0, 0.05) is 0 Å². The van der Waals surface area contributed by atoms with Crippen molar-refractivity contribution in [2.75, 3.05) is 14.2 Å². The van der Waals surface area contributed by atoms with Crippen molar-refractivity contribution >= 4 is 5.97 Å². The molecule has 0 aromatic carbocycles. The molecule has 0 heterocycles. The molecule has 1 fully saturated rings. The zero-order chi connectivity index (χ0) is 11.5. The van der Waals surface area contributed by atoms with Crippen LogP contribution < -0.4 is 0 Å². The van der Waals surface area contributed by atoms with Crippen molar-refractivity contribution < 1.29 is 14.3 Å². The van der Waals surface area contributed by atoms with Gasteiger partial charge in [0.25, 0.3) is 0 Å². The summed E-state index contributed by atoms with van der Waals surface area (Å²) in [5.74, 6) is -0.0760. The number of hydrogen-bond donors (Lipinski definition) is 0. The molecule has 0 aromatic rings. The number of allylic oxidation sites excluding steroid dienone is 1. The van der Waals surface area contributed by atoms with Crippen LogP contribution in [-0.2, 0) is 14.3 Å². The van der Waals surface area contributed by atoms with Crippen molar-refractivity contribution in [1.82, 2.24) is 0 Å². The highest BCUT2D eigenvalue weighted by Gasteiger charge is 2.39.